The molecule has 1 saturated heterocycles. The maximum absolute atomic E-state index is 11.7. The summed E-state index contributed by atoms with van der Waals surface area (Å²) in [5.41, 5.74) is 3.51. The Morgan fingerprint density at radius 1 is 1.10 bits per heavy atom. The van der Waals surface area contributed by atoms with Gasteiger partial charge in [0.05, 0.1) is 30.1 Å². The van der Waals surface area contributed by atoms with Gasteiger partial charge >= 0.3 is 0 Å². The first kappa shape index (κ1) is 37.4. The number of nitrogens with one attached hydrogen (secondary N) is 1. The van der Waals surface area contributed by atoms with Crippen LogP contribution in [0, 0.1) is 17.8 Å². The molecule has 2 fully saturated rings. The minimum absolute atomic E-state index is 0.106. The number of nitrogens with zero attached hydrogens (tertiary/aromatic N) is 1. The minimum atomic E-state index is -1.14. The lowest BCUT2D eigenvalue weighted by atomic mass is 9.56. The van der Waals surface area contributed by atoms with Gasteiger partial charge in [-0.2, -0.15) is 0 Å². The van der Waals surface area contributed by atoms with Crippen molar-refractivity contribution in [3.05, 3.63) is 72.3 Å². The Morgan fingerprint density at radius 2 is 1.88 bits per heavy atom. The van der Waals surface area contributed by atoms with Crippen molar-refractivity contribution in [2.45, 2.75) is 99.3 Å². The van der Waals surface area contributed by atoms with E-state index in [0.29, 0.717) is 31.6 Å². The fourth-order valence-electron chi connectivity index (χ4n) is 8.34. The molecule has 2 aromatic carbocycles. The van der Waals surface area contributed by atoms with Gasteiger partial charge < -0.3 is 39.7 Å². The lowest BCUT2D eigenvalue weighted by Gasteiger charge is -2.58. The van der Waals surface area contributed by atoms with Gasteiger partial charge in [0.25, 0.3) is 0 Å². The fraction of sp³-hybridized carbons (Fsp3) is 0.550. The average molecular weight is 721 g/mol. The predicted molar refractivity (Wildman–Crippen MR) is 198 cm³/mol. The molecule has 4 aliphatic rings. The van der Waals surface area contributed by atoms with Gasteiger partial charge in [0.15, 0.2) is 0 Å². The highest BCUT2D eigenvalue weighted by Gasteiger charge is 2.64. The Balaban J connectivity index is 1.51. The van der Waals surface area contributed by atoms with Gasteiger partial charge in [0, 0.05) is 55.0 Å². The number of fused-ring (bicyclic) bond motifs is 2. The first-order chi connectivity index (χ1) is 24.9. The molecule has 276 valence electrons. The first-order valence-corrected chi connectivity index (χ1v) is 19.3. The number of allylic oxidation sites excluding steroid dienone is 1. The normalized spacial score (nSPS) is 28.9. The molecule has 1 amide bonds. The summed E-state index contributed by atoms with van der Waals surface area (Å²) in [7, 11) is 0. The van der Waals surface area contributed by atoms with E-state index in [0.717, 1.165) is 72.4 Å². The lowest BCUT2D eigenvalue weighted by molar-refractivity contribution is -0.223. The smallest absolute Gasteiger partial charge is 0.231 e. The molecule has 2 aliphatic heterocycles. The average Bonchev–Trinajstić information content (AvgIpc) is 3.13. The molecule has 0 aromatic heterocycles. The monoisotopic (exact) mass is 720 g/mol. The maximum Gasteiger partial charge on any atom is 0.231 e. The third-order valence-corrected chi connectivity index (χ3v) is 11.8. The number of carbonyl (C=O) groups excluding carboxylic acids is 1. The van der Waals surface area contributed by atoms with Crippen LogP contribution < -0.4 is 10.1 Å². The summed E-state index contributed by atoms with van der Waals surface area (Å²) in [5, 5.41) is 37.8. The van der Waals surface area contributed by atoms with E-state index >= 15 is 0 Å². The molecule has 7 atom stereocenters. The van der Waals surface area contributed by atoms with Crippen LogP contribution in [0.25, 0.3) is 0 Å². The van der Waals surface area contributed by atoms with Crippen LogP contribution >= 0.6 is 11.8 Å². The summed E-state index contributed by atoms with van der Waals surface area (Å²) in [6.45, 7) is 6.65. The van der Waals surface area contributed by atoms with Crippen molar-refractivity contribution in [1.82, 2.24) is 0 Å². The number of benzene rings is 2. The van der Waals surface area contributed by atoms with Crippen molar-refractivity contribution in [3.63, 3.8) is 0 Å². The number of oxime groups is 1. The highest BCUT2D eigenvalue weighted by molar-refractivity contribution is 8.00. The Labute approximate surface area is 305 Å². The van der Waals surface area contributed by atoms with E-state index in [1.165, 1.54) is 6.92 Å². The fourth-order valence-corrected chi connectivity index (χ4v) is 9.63. The maximum atomic E-state index is 11.7. The van der Waals surface area contributed by atoms with Crippen molar-refractivity contribution in [1.29, 1.82) is 0 Å². The largest absolute Gasteiger partial charge is 0.508 e. The summed E-state index contributed by atoms with van der Waals surface area (Å²) >= 11 is 1.65. The number of rotatable bonds is 16. The second-order valence-electron chi connectivity index (χ2n) is 14.0. The van der Waals surface area contributed by atoms with Crippen molar-refractivity contribution in [2.24, 2.45) is 22.9 Å². The van der Waals surface area contributed by atoms with E-state index in [9.17, 15) is 20.1 Å². The van der Waals surface area contributed by atoms with Crippen LogP contribution in [0.4, 0.5) is 5.69 Å². The summed E-state index contributed by atoms with van der Waals surface area (Å²) in [6, 6.07) is 13.1. The predicted octanol–water partition coefficient (Wildman–Crippen LogP) is 7.30. The number of carbonyl (C=O) groups is 1. The SMILES string of the molecule is C=CCOC12Oc3ccc(O)cc3C3C(CCCCO)C(CCCCO)C=C(C(=NOC4CCCCO4)CC1Sc1ccc(NC(C)=O)cc1)C32. The number of phenols is 1. The second kappa shape index (κ2) is 17.4. The van der Waals surface area contributed by atoms with Crippen molar-refractivity contribution >= 4 is 29.1 Å². The van der Waals surface area contributed by atoms with Crippen molar-refractivity contribution in [2.75, 3.05) is 31.7 Å². The van der Waals surface area contributed by atoms with Crippen LogP contribution in [-0.2, 0) is 19.1 Å². The van der Waals surface area contributed by atoms with E-state index in [1.54, 1.807) is 23.9 Å². The molecule has 7 unspecified atom stereocenters. The standard InChI is InChI=1S/C40H52N2O8S/c1-3-21-48-40-36(51-30-16-13-28(14-17-30)41-26(2)45)25-34(42-50-37-12-6-9-22-47-37)32-23-27(10-4-7-19-43)31(11-5-8-20-44)38(39(32)40)33-24-29(46)15-18-35(33)49-40/h3,13-18,23-24,27,31,36-39,43-44,46H,1,4-12,19-22,25H2,2H3,(H,41,45). The number of ether oxygens (including phenoxy) is 3. The summed E-state index contributed by atoms with van der Waals surface area (Å²) in [6.07, 6.45) is 11.9. The third kappa shape index (κ3) is 8.49. The number of aliphatic hydroxyl groups is 2. The van der Waals surface area contributed by atoms with Gasteiger partial charge in [-0.3, -0.25) is 4.79 Å². The Bertz CT molecular complexity index is 1560. The van der Waals surface area contributed by atoms with Crippen LogP contribution in [0.15, 0.2) is 76.8 Å². The molecule has 0 spiro atoms. The first-order valence-electron chi connectivity index (χ1n) is 18.5. The summed E-state index contributed by atoms with van der Waals surface area (Å²) in [5.74, 6) is -0.534. The van der Waals surface area contributed by atoms with Crippen LogP contribution in [-0.4, -0.2) is 70.7 Å². The van der Waals surface area contributed by atoms with Crippen LogP contribution in [0.1, 0.15) is 82.6 Å². The summed E-state index contributed by atoms with van der Waals surface area (Å²) < 4.78 is 20.0. The molecule has 2 heterocycles. The van der Waals surface area contributed by atoms with E-state index in [-0.39, 0.29) is 60.4 Å². The number of unbranched alkanes of at least 4 members (excludes halogenated alkanes) is 2. The molecule has 0 radical (unpaired) electrons. The minimum Gasteiger partial charge on any atom is -0.508 e. The number of hydrogen-bond acceptors (Lipinski definition) is 10. The molecular formula is C40H52N2O8S. The number of thioether (sulfide) groups is 1. The number of hydrogen-bond donors (Lipinski definition) is 4. The van der Waals surface area contributed by atoms with Gasteiger partial charge in [-0.1, -0.05) is 30.1 Å². The molecule has 0 bridgehead atoms. The molecule has 51 heavy (non-hydrogen) atoms. The number of aliphatic hydroxyl groups excluding tert-OH is 2. The van der Waals surface area contributed by atoms with Crippen molar-refractivity contribution < 1.29 is 39.2 Å². The zero-order valence-corrected chi connectivity index (χ0v) is 30.3. The number of amides is 1. The Kier molecular flexibility index (Phi) is 12.8. The zero-order chi connectivity index (χ0) is 35.8. The van der Waals surface area contributed by atoms with Crippen molar-refractivity contribution in [3.8, 4) is 11.5 Å². The number of anilines is 1. The number of aromatic hydroxyl groups is 1. The van der Waals surface area contributed by atoms with Gasteiger partial charge in [0.2, 0.25) is 18.0 Å². The highest BCUT2D eigenvalue weighted by Crippen LogP contribution is 2.63. The molecule has 6 rings (SSSR count). The van der Waals surface area contributed by atoms with Crippen LogP contribution in [0.2, 0.25) is 0 Å². The third-order valence-electron chi connectivity index (χ3n) is 10.5. The second-order valence-corrected chi connectivity index (χ2v) is 15.3. The van der Waals surface area contributed by atoms with E-state index < -0.39 is 12.1 Å². The van der Waals surface area contributed by atoms with E-state index in [4.69, 9.17) is 24.2 Å². The van der Waals surface area contributed by atoms with Crippen LogP contribution in [0.3, 0.4) is 0 Å². The molecule has 1 saturated carbocycles. The molecule has 10 nitrogen and oxygen atoms in total. The van der Waals surface area contributed by atoms with E-state index in [1.807, 2.05) is 36.4 Å². The van der Waals surface area contributed by atoms with Gasteiger partial charge in [-0.05, 0) is 98.4 Å². The molecule has 4 N–H and O–H groups in total. The zero-order valence-electron chi connectivity index (χ0n) is 29.5. The Hall–Kier alpha value is -3.35. The molecular weight excluding hydrogens is 669 g/mol. The lowest BCUT2D eigenvalue weighted by Crippen LogP contribution is -2.64. The summed E-state index contributed by atoms with van der Waals surface area (Å²) in [4.78, 5) is 18.9. The highest BCUT2D eigenvalue weighted by atomic mass is 32.2. The molecule has 11 heteroatoms. The van der Waals surface area contributed by atoms with Gasteiger partial charge in [-0.25, -0.2) is 0 Å². The number of phenolic OH excluding ortho intramolecular Hbond substituents is 1. The van der Waals surface area contributed by atoms with E-state index in [2.05, 4.69) is 18.0 Å². The van der Waals surface area contributed by atoms with Crippen LogP contribution in [0.5, 0.6) is 11.5 Å². The quantitative estimate of drug-likeness (QED) is 0.0799. The van der Waals surface area contributed by atoms with Gasteiger partial charge in [-0.15, -0.1) is 18.3 Å². The topological polar surface area (TPSA) is 139 Å². The molecule has 2 aromatic rings. The molecule has 2 aliphatic carbocycles. The van der Waals surface area contributed by atoms with Gasteiger partial charge in [0.1, 0.15) is 11.5 Å². The Morgan fingerprint density at radius 3 is 2.59 bits per heavy atom.